The summed E-state index contributed by atoms with van der Waals surface area (Å²) in [7, 11) is 1.88. The maximum atomic E-state index is 12.3. The molecule has 0 spiro atoms. The number of likely N-dealkylation sites (N-methyl/N-ethyl adjacent to an activating group) is 1. The zero-order valence-electron chi connectivity index (χ0n) is 11.3. The Kier molecular flexibility index (Phi) is 4.35. The van der Waals surface area contributed by atoms with Gasteiger partial charge < -0.3 is 10.2 Å². The van der Waals surface area contributed by atoms with Crippen molar-refractivity contribution in [3.8, 4) is 0 Å². The summed E-state index contributed by atoms with van der Waals surface area (Å²) in [6.45, 7) is 6.22. The number of nitrogens with zero attached hydrogens (tertiary/aromatic N) is 2. The van der Waals surface area contributed by atoms with Gasteiger partial charge in [0.05, 0.1) is 5.01 Å². The quantitative estimate of drug-likeness (QED) is 0.904. The number of hydrogen-bond acceptors (Lipinski definition) is 4. The molecule has 1 aliphatic heterocycles. The van der Waals surface area contributed by atoms with Gasteiger partial charge in [0, 0.05) is 31.4 Å². The monoisotopic (exact) mass is 267 g/mol. The van der Waals surface area contributed by atoms with E-state index in [1.165, 1.54) is 0 Å². The van der Waals surface area contributed by atoms with E-state index < -0.39 is 0 Å². The summed E-state index contributed by atoms with van der Waals surface area (Å²) in [6.07, 6.45) is 1.98. The molecule has 1 aromatic heterocycles. The van der Waals surface area contributed by atoms with Gasteiger partial charge in [-0.1, -0.05) is 13.8 Å². The van der Waals surface area contributed by atoms with E-state index in [-0.39, 0.29) is 5.91 Å². The highest BCUT2D eigenvalue weighted by Gasteiger charge is 2.25. The Morgan fingerprint density at radius 3 is 3.06 bits per heavy atom. The number of carbonyl (C=O) groups excluding carboxylic acids is 1. The fraction of sp³-hybridized carbons (Fsp3) is 0.692. The van der Waals surface area contributed by atoms with Gasteiger partial charge >= 0.3 is 0 Å². The maximum absolute atomic E-state index is 12.3. The zero-order valence-corrected chi connectivity index (χ0v) is 12.1. The molecule has 0 aliphatic carbocycles. The molecule has 1 unspecified atom stereocenters. The molecular weight excluding hydrogens is 246 g/mol. The van der Waals surface area contributed by atoms with Crippen molar-refractivity contribution in [1.82, 2.24) is 15.2 Å². The summed E-state index contributed by atoms with van der Waals surface area (Å²) in [4.78, 5) is 18.6. The van der Waals surface area contributed by atoms with Gasteiger partial charge in [-0.25, -0.2) is 4.98 Å². The third kappa shape index (κ3) is 3.09. The standard InChI is InChI=1S/C13H21N3OS/c1-9(2)6-12-15-11(8-18-12)13(17)16(3)10-4-5-14-7-10/h8-10,14H,4-7H2,1-3H3. The lowest BCUT2D eigenvalue weighted by Crippen LogP contribution is -2.38. The van der Waals surface area contributed by atoms with Crippen LogP contribution in [-0.2, 0) is 6.42 Å². The Bertz CT molecular complexity index is 410. The first-order valence-electron chi connectivity index (χ1n) is 6.50. The van der Waals surface area contributed by atoms with Crippen LogP contribution in [0.25, 0.3) is 0 Å². The van der Waals surface area contributed by atoms with Gasteiger partial charge in [0.25, 0.3) is 5.91 Å². The third-order valence-electron chi connectivity index (χ3n) is 3.26. The fourth-order valence-electron chi connectivity index (χ4n) is 2.17. The molecule has 0 aromatic carbocycles. The number of thiazole rings is 1. The van der Waals surface area contributed by atoms with Crippen molar-refractivity contribution in [2.24, 2.45) is 5.92 Å². The summed E-state index contributed by atoms with van der Waals surface area (Å²) in [5.41, 5.74) is 0.602. The van der Waals surface area contributed by atoms with Gasteiger partial charge in [0.15, 0.2) is 0 Å². The molecule has 0 bridgehead atoms. The van der Waals surface area contributed by atoms with Crippen LogP contribution in [0, 0.1) is 5.92 Å². The third-order valence-corrected chi connectivity index (χ3v) is 4.13. The van der Waals surface area contributed by atoms with Crippen LogP contribution in [0.4, 0.5) is 0 Å². The van der Waals surface area contributed by atoms with Crippen molar-refractivity contribution in [3.05, 3.63) is 16.1 Å². The van der Waals surface area contributed by atoms with Crippen LogP contribution in [0.2, 0.25) is 0 Å². The average Bonchev–Trinajstić information content (AvgIpc) is 2.96. The number of aromatic nitrogens is 1. The van der Waals surface area contributed by atoms with Crippen molar-refractivity contribution in [3.63, 3.8) is 0 Å². The minimum Gasteiger partial charge on any atom is -0.336 e. The van der Waals surface area contributed by atoms with E-state index in [4.69, 9.17) is 0 Å². The molecule has 1 aliphatic rings. The van der Waals surface area contributed by atoms with Crippen LogP contribution in [0.5, 0.6) is 0 Å². The molecule has 5 heteroatoms. The van der Waals surface area contributed by atoms with E-state index >= 15 is 0 Å². The Hall–Kier alpha value is -0.940. The molecule has 18 heavy (non-hydrogen) atoms. The van der Waals surface area contributed by atoms with Gasteiger partial charge in [-0.2, -0.15) is 0 Å². The van der Waals surface area contributed by atoms with E-state index in [9.17, 15) is 4.79 Å². The minimum absolute atomic E-state index is 0.0509. The zero-order chi connectivity index (χ0) is 13.1. The average molecular weight is 267 g/mol. The molecule has 1 N–H and O–H groups in total. The number of carbonyl (C=O) groups is 1. The molecule has 1 aromatic rings. The van der Waals surface area contributed by atoms with Gasteiger partial charge in [0.2, 0.25) is 0 Å². The van der Waals surface area contributed by atoms with E-state index in [2.05, 4.69) is 24.1 Å². The van der Waals surface area contributed by atoms with Crippen LogP contribution in [0.15, 0.2) is 5.38 Å². The lowest BCUT2D eigenvalue weighted by Gasteiger charge is -2.22. The molecule has 1 atom stereocenters. The van der Waals surface area contributed by atoms with E-state index in [0.29, 0.717) is 17.7 Å². The molecule has 2 heterocycles. The summed E-state index contributed by atoms with van der Waals surface area (Å²) in [6, 6.07) is 0.313. The minimum atomic E-state index is 0.0509. The summed E-state index contributed by atoms with van der Waals surface area (Å²) in [5, 5.41) is 6.23. The van der Waals surface area contributed by atoms with Crippen LogP contribution >= 0.6 is 11.3 Å². The van der Waals surface area contributed by atoms with E-state index in [1.54, 1.807) is 11.3 Å². The Labute approximate surface area is 112 Å². The molecule has 1 fully saturated rings. The van der Waals surface area contributed by atoms with Crippen molar-refractivity contribution < 1.29 is 4.79 Å². The summed E-state index contributed by atoms with van der Waals surface area (Å²) >= 11 is 1.59. The molecule has 1 saturated heterocycles. The highest BCUT2D eigenvalue weighted by molar-refractivity contribution is 7.09. The van der Waals surface area contributed by atoms with Crippen molar-refractivity contribution >= 4 is 17.2 Å². The molecule has 4 nitrogen and oxygen atoms in total. The van der Waals surface area contributed by atoms with Crippen LogP contribution < -0.4 is 5.32 Å². The predicted molar refractivity (Wildman–Crippen MR) is 74.0 cm³/mol. The van der Waals surface area contributed by atoms with Gasteiger partial charge in [0.1, 0.15) is 5.69 Å². The molecule has 100 valence electrons. The molecule has 2 rings (SSSR count). The fourth-order valence-corrected chi connectivity index (χ4v) is 3.15. The smallest absolute Gasteiger partial charge is 0.273 e. The lowest BCUT2D eigenvalue weighted by molar-refractivity contribution is 0.0738. The molecule has 1 amide bonds. The largest absolute Gasteiger partial charge is 0.336 e. The van der Waals surface area contributed by atoms with Crippen molar-refractivity contribution in [2.75, 3.05) is 20.1 Å². The van der Waals surface area contributed by atoms with Crippen molar-refractivity contribution in [1.29, 1.82) is 0 Å². The van der Waals surface area contributed by atoms with E-state index in [0.717, 1.165) is 30.9 Å². The van der Waals surface area contributed by atoms with Gasteiger partial charge in [-0.15, -0.1) is 11.3 Å². The first-order valence-corrected chi connectivity index (χ1v) is 7.38. The molecular formula is C13H21N3OS. The topological polar surface area (TPSA) is 45.2 Å². The normalized spacial score (nSPS) is 19.4. The van der Waals surface area contributed by atoms with Gasteiger partial charge in [-0.05, 0) is 18.9 Å². The van der Waals surface area contributed by atoms with Gasteiger partial charge in [-0.3, -0.25) is 4.79 Å². The van der Waals surface area contributed by atoms with Crippen LogP contribution in [0.1, 0.15) is 35.8 Å². The second-order valence-corrected chi connectivity index (χ2v) is 6.23. The second kappa shape index (κ2) is 5.80. The second-order valence-electron chi connectivity index (χ2n) is 5.29. The highest BCUT2D eigenvalue weighted by atomic mass is 32.1. The summed E-state index contributed by atoms with van der Waals surface area (Å²) < 4.78 is 0. The number of rotatable bonds is 4. The summed E-state index contributed by atoms with van der Waals surface area (Å²) in [5.74, 6) is 0.630. The van der Waals surface area contributed by atoms with Crippen molar-refractivity contribution in [2.45, 2.75) is 32.7 Å². The Balaban J connectivity index is 2.01. The first kappa shape index (κ1) is 13.5. The van der Waals surface area contributed by atoms with E-state index in [1.807, 2.05) is 17.3 Å². The number of hydrogen-bond donors (Lipinski definition) is 1. The maximum Gasteiger partial charge on any atom is 0.273 e. The highest BCUT2D eigenvalue weighted by Crippen LogP contribution is 2.17. The molecule has 0 radical (unpaired) electrons. The SMILES string of the molecule is CC(C)Cc1nc(C(=O)N(C)C2CCNC2)cs1. The number of amides is 1. The first-order chi connectivity index (χ1) is 8.58. The van der Waals surface area contributed by atoms with Crippen LogP contribution in [-0.4, -0.2) is 42.0 Å². The van der Waals surface area contributed by atoms with Crippen LogP contribution in [0.3, 0.4) is 0 Å². The number of nitrogens with one attached hydrogen (secondary N) is 1. The predicted octanol–water partition coefficient (Wildman–Crippen LogP) is 1.78. The Morgan fingerprint density at radius 1 is 1.67 bits per heavy atom. The lowest BCUT2D eigenvalue weighted by atomic mass is 10.1. The molecule has 0 saturated carbocycles. The Morgan fingerprint density at radius 2 is 2.44 bits per heavy atom.